The first-order valence-electron chi connectivity index (χ1n) is 11.2. The molecule has 1 atom stereocenters. The molecule has 2 aromatic rings. The van der Waals surface area contributed by atoms with Crippen molar-refractivity contribution in [2.45, 2.75) is 39.0 Å². The molecule has 2 aliphatic heterocycles. The first-order chi connectivity index (χ1) is 15.2. The minimum Gasteiger partial charge on any atom is -0.368 e. The third kappa shape index (κ3) is 5.44. The zero-order valence-electron chi connectivity index (χ0n) is 18.2. The van der Waals surface area contributed by atoms with Crippen LogP contribution in [0, 0.1) is 0 Å². The average Bonchev–Trinajstić information content (AvgIpc) is 3.50. The number of ether oxygens (including phenoxy) is 1. The lowest BCUT2D eigenvalue weighted by Crippen LogP contribution is -2.55. The number of imidazole rings is 1. The second-order valence-electron chi connectivity index (χ2n) is 7.94. The summed E-state index contributed by atoms with van der Waals surface area (Å²) < 4.78 is 7.70. The van der Waals surface area contributed by atoms with Gasteiger partial charge in [0.05, 0.1) is 0 Å². The molecule has 2 saturated heterocycles. The quantitative estimate of drug-likeness (QED) is 0.565. The number of aromatic nitrogens is 2. The van der Waals surface area contributed by atoms with Crippen LogP contribution in [0.5, 0.6) is 0 Å². The number of amides is 1. The summed E-state index contributed by atoms with van der Waals surface area (Å²) in [4.78, 5) is 26.1. The first kappa shape index (κ1) is 21.4. The van der Waals surface area contributed by atoms with E-state index < -0.39 is 0 Å². The average molecular weight is 425 g/mol. The van der Waals surface area contributed by atoms with Crippen molar-refractivity contribution in [3.8, 4) is 0 Å². The fourth-order valence-electron chi connectivity index (χ4n) is 4.10. The predicted molar refractivity (Wildman–Crippen MR) is 120 cm³/mol. The third-order valence-corrected chi connectivity index (χ3v) is 5.80. The van der Waals surface area contributed by atoms with E-state index in [0.29, 0.717) is 26.2 Å². The highest BCUT2D eigenvalue weighted by molar-refractivity contribution is 5.82. The molecule has 0 radical (unpaired) electrons. The van der Waals surface area contributed by atoms with Crippen LogP contribution in [0.25, 0.3) is 0 Å². The highest BCUT2D eigenvalue weighted by Gasteiger charge is 2.30. The molecule has 3 heterocycles. The van der Waals surface area contributed by atoms with Crippen LogP contribution in [0.4, 0.5) is 0 Å². The molecule has 8 nitrogen and oxygen atoms in total. The molecule has 2 fully saturated rings. The molecule has 0 spiro atoms. The fraction of sp³-hybridized carbons (Fsp3) is 0.522. The Kier molecular flexibility index (Phi) is 7.19. The number of rotatable bonds is 6. The smallest absolute Gasteiger partial charge is 0.251 e. The van der Waals surface area contributed by atoms with Crippen LogP contribution in [0.2, 0.25) is 0 Å². The molecule has 1 amide bonds. The fourth-order valence-corrected chi connectivity index (χ4v) is 4.10. The minimum atomic E-state index is -0.239. The first-order valence-corrected chi connectivity index (χ1v) is 11.2. The lowest BCUT2D eigenvalue weighted by atomic mass is 10.2. The van der Waals surface area contributed by atoms with Gasteiger partial charge in [0, 0.05) is 58.3 Å². The Bertz CT molecular complexity index is 867. The number of aliphatic imine (C=N–C) groups is 1. The molecule has 2 aliphatic rings. The van der Waals surface area contributed by atoms with Gasteiger partial charge in [0.15, 0.2) is 5.96 Å². The molecule has 31 heavy (non-hydrogen) atoms. The Morgan fingerprint density at radius 1 is 1.19 bits per heavy atom. The van der Waals surface area contributed by atoms with Crippen molar-refractivity contribution < 1.29 is 9.53 Å². The minimum absolute atomic E-state index is 0.141. The van der Waals surface area contributed by atoms with Crippen LogP contribution in [-0.2, 0) is 22.6 Å². The van der Waals surface area contributed by atoms with Crippen molar-refractivity contribution in [2.24, 2.45) is 4.99 Å². The summed E-state index contributed by atoms with van der Waals surface area (Å²) in [7, 11) is 0. The number of piperazine rings is 1. The van der Waals surface area contributed by atoms with Gasteiger partial charge in [-0.3, -0.25) is 4.79 Å². The molecular weight excluding hydrogens is 392 g/mol. The molecule has 0 bridgehead atoms. The number of carbonyl (C=O) groups is 1. The molecule has 1 unspecified atom stereocenters. The molecule has 4 rings (SSSR count). The summed E-state index contributed by atoms with van der Waals surface area (Å²) in [5.41, 5.74) is 1.24. The van der Waals surface area contributed by atoms with E-state index >= 15 is 0 Å². The van der Waals surface area contributed by atoms with Crippen LogP contribution in [-0.4, -0.2) is 76.7 Å². The maximum atomic E-state index is 12.6. The summed E-state index contributed by atoms with van der Waals surface area (Å²) in [6.07, 6.45) is 5.42. The molecule has 1 N–H and O–H groups in total. The second-order valence-corrected chi connectivity index (χ2v) is 7.94. The lowest BCUT2D eigenvalue weighted by Gasteiger charge is -2.37. The van der Waals surface area contributed by atoms with Crippen LogP contribution < -0.4 is 5.32 Å². The number of benzene rings is 1. The van der Waals surface area contributed by atoms with E-state index in [1.165, 1.54) is 5.56 Å². The molecule has 0 aliphatic carbocycles. The van der Waals surface area contributed by atoms with E-state index in [9.17, 15) is 4.79 Å². The van der Waals surface area contributed by atoms with E-state index in [4.69, 9.17) is 9.73 Å². The number of guanidine groups is 1. The third-order valence-electron chi connectivity index (χ3n) is 5.80. The maximum Gasteiger partial charge on any atom is 0.251 e. The lowest BCUT2D eigenvalue weighted by molar-refractivity contribution is -0.142. The normalized spacial score (nSPS) is 19.6. The van der Waals surface area contributed by atoms with Crippen molar-refractivity contribution in [3.63, 3.8) is 0 Å². The van der Waals surface area contributed by atoms with Crippen molar-refractivity contribution in [1.29, 1.82) is 0 Å². The van der Waals surface area contributed by atoms with Gasteiger partial charge in [-0.2, -0.15) is 0 Å². The van der Waals surface area contributed by atoms with Crippen molar-refractivity contribution >= 4 is 11.9 Å². The van der Waals surface area contributed by atoms with Gasteiger partial charge >= 0.3 is 0 Å². The Balaban J connectivity index is 1.36. The van der Waals surface area contributed by atoms with E-state index in [2.05, 4.69) is 51.0 Å². The van der Waals surface area contributed by atoms with Gasteiger partial charge in [-0.05, 0) is 25.3 Å². The number of nitrogens with one attached hydrogen (secondary N) is 1. The number of nitrogens with zero attached hydrogens (tertiary/aromatic N) is 5. The van der Waals surface area contributed by atoms with Crippen LogP contribution in [0.15, 0.2) is 47.7 Å². The SMILES string of the molecule is CCNC(=NCc1nccn1Cc1ccccc1)N1CCN(C(=O)C2CCCO2)CC1. The Morgan fingerprint density at radius 2 is 1.97 bits per heavy atom. The zero-order valence-corrected chi connectivity index (χ0v) is 18.2. The molecule has 8 heteroatoms. The van der Waals surface area contributed by atoms with Gasteiger partial charge in [-0.1, -0.05) is 30.3 Å². The van der Waals surface area contributed by atoms with E-state index in [1.54, 1.807) is 0 Å². The highest BCUT2D eigenvalue weighted by atomic mass is 16.5. The second kappa shape index (κ2) is 10.4. The van der Waals surface area contributed by atoms with Crippen LogP contribution >= 0.6 is 0 Å². The van der Waals surface area contributed by atoms with Crippen molar-refractivity contribution in [2.75, 3.05) is 39.3 Å². The highest BCUT2D eigenvalue weighted by Crippen LogP contribution is 2.16. The Hall–Kier alpha value is -2.87. The van der Waals surface area contributed by atoms with Crippen molar-refractivity contribution in [3.05, 3.63) is 54.1 Å². The predicted octanol–water partition coefficient (Wildman–Crippen LogP) is 1.72. The maximum absolute atomic E-state index is 12.6. The van der Waals surface area contributed by atoms with E-state index in [1.807, 2.05) is 23.4 Å². The van der Waals surface area contributed by atoms with Gasteiger partial charge in [0.2, 0.25) is 0 Å². The summed E-state index contributed by atoms with van der Waals surface area (Å²) in [5, 5.41) is 3.39. The molecule has 0 saturated carbocycles. The number of carbonyl (C=O) groups excluding carboxylic acids is 1. The monoisotopic (exact) mass is 424 g/mol. The van der Waals surface area contributed by atoms with E-state index in [-0.39, 0.29) is 12.0 Å². The van der Waals surface area contributed by atoms with Gasteiger partial charge < -0.3 is 24.4 Å². The van der Waals surface area contributed by atoms with Crippen molar-refractivity contribution in [1.82, 2.24) is 24.7 Å². The molecule has 1 aromatic heterocycles. The summed E-state index contributed by atoms with van der Waals surface area (Å²) >= 11 is 0. The number of hydrogen-bond acceptors (Lipinski definition) is 4. The summed E-state index contributed by atoms with van der Waals surface area (Å²) in [6, 6.07) is 10.4. The standard InChI is InChI=1S/C23H32N6O2/c1-2-24-23(28-14-12-27(13-15-28)22(30)20-9-6-16-31-20)26-17-21-25-10-11-29(21)18-19-7-4-3-5-8-19/h3-5,7-8,10-11,20H,2,6,9,12-18H2,1H3,(H,24,26). The number of hydrogen-bond donors (Lipinski definition) is 1. The van der Waals surface area contributed by atoms with Gasteiger partial charge in [-0.15, -0.1) is 0 Å². The Morgan fingerprint density at radius 3 is 2.68 bits per heavy atom. The zero-order chi connectivity index (χ0) is 21.5. The van der Waals surface area contributed by atoms with Gasteiger partial charge in [-0.25, -0.2) is 9.98 Å². The summed E-state index contributed by atoms with van der Waals surface area (Å²) in [6.45, 7) is 7.80. The van der Waals surface area contributed by atoms with Crippen LogP contribution in [0.3, 0.4) is 0 Å². The summed E-state index contributed by atoms with van der Waals surface area (Å²) in [5.74, 6) is 1.95. The largest absolute Gasteiger partial charge is 0.368 e. The molecule has 166 valence electrons. The van der Waals surface area contributed by atoms with Gasteiger partial charge in [0.25, 0.3) is 5.91 Å². The topological polar surface area (TPSA) is 75.0 Å². The Labute approximate surface area is 183 Å². The van der Waals surface area contributed by atoms with Gasteiger partial charge in [0.1, 0.15) is 18.5 Å². The molecular formula is C23H32N6O2. The van der Waals surface area contributed by atoms with Crippen LogP contribution in [0.1, 0.15) is 31.2 Å². The van der Waals surface area contributed by atoms with E-state index in [0.717, 1.165) is 50.8 Å². The molecule has 1 aromatic carbocycles.